The molecule has 1 N–H and O–H groups in total. The maximum atomic E-state index is 11.6. The van der Waals surface area contributed by atoms with Crippen LogP contribution in [0.5, 0.6) is 0 Å². The normalized spacial score (nSPS) is 12.2. The van der Waals surface area contributed by atoms with Crippen molar-refractivity contribution >= 4 is 24.3 Å². The molecule has 0 fully saturated rings. The highest BCUT2D eigenvalue weighted by Crippen LogP contribution is 2.24. The highest BCUT2D eigenvalue weighted by Gasteiger charge is 2.16. The molecule has 0 radical (unpaired) electrons. The topological polar surface area (TPSA) is 62.1 Å². The third-order valence-corrected chi connectivity index (χ3v) is 3.18. The predicted molar refractivity (Wildman–Crippen MR) is 87.0 cm³/mol. The van der Waals surface area contributed by atoms with Crippen molar-refractivity contribution in [3.63, 3.8) is 0 Å². The average molecular weight is 304 g/mol. The first-order chi connectivity index (χ1) is 9.79. The van der Waals surface area contributed by atoms with Crippen LogP contribution >= 0.6 is 12.6 Å². The molecule has 0 heterocycles. The Hall–Kier alpha value is -1.93. The molecule has 0 saturated heterocycles. The van der Waals surface area contributed by atoms with Gasteiger partial charge in [0.1, 0.15) is 6.07 Å². The summed E-state index contributed by atoms with van der Waals surface area (Å²) in [5.41, 5.74) is 1.88. The van der Waals surface area contributed by atoms with E-state index in [9.17, 15) is 4.79 Å². The summed E-state index contributed by atoms with van der Waals surface area (Å²) in [4.78, 5) is 11.6. The van der Waals surface area contributed by atoms with Crippen molar-refractivity contribution in [3.8, 4) is 6.07 Å². The zero-order valence-electron chi connectivity index (χ0n) is 12.7. The maximum Gasteiger partial charge on any atom is 0.351 e. The van der Waals surface area contributed by atoms with E-state index >= 15 is 0 Å². The molecule has 0 atom stereocenters. The van der Waals surface area contributed by atoms with Gasteiger partial charge in [-0.05, 0) is 30.0 Å². The zero-order chi connectivity index (χ0) is 16.0. The summed E-state index contributed by atoms with van der Waals surface area (Å²) < 4.78 is 4.81. The van der Waals surface area contributed by atoms with Crippen LogP contribution in [0.3, 0.4) is 0 Å². The van der Waals surface area contributed by atoms with Crippen molar-refractivity contribution in [1.82, 2.24) is 0 Å². The minimum absolute atomic E-state index is 0.0703. The molecule has 0 spiro atoms. The maximum absolute atomic E-state index is 11.6. The molecule has 0 amide bonds. The molecule has 0 aromatic heterocycles. The number of nitriles is 1. The number of nitrogens with zero attached hydrogens (tertiary/aromatic N) is 1. The number of rotatable bonds is 4. The second-order valence-electron chi connectivity index (χ2n) is 5.51. The van der Waals surface area contributed by atoms with Crippen LogP contribution in [-0.2, 0) is 14.9 Å². The lowest BCUT2D eigenvalue weighted by atomic mass is 9.87. The van der Waals surface area contributed by atoms with Crippen LogP contribution < -0.4 is 5.32 Å². The van der Waals surface area contributed by atoms with Crippen LogP contribution in [-0.4, -0.2) is 12.6 Å². The largest absolute Gasteiger partial charge is 0.462 e. The van der Waals surface area contributed by atoms with Crippen molar-refractivity contribution in [2.75, 3.05) is 11.9 Å². The molecule has 21 heavy (non-hydrogen) atoms. The lowest BCUT2D eigenvalue weighted by Gasteiger charge is -2.19. The minimum Gasteiger partial charge on any atom is -0.462 e. The molecular weight excluding hydrogens is 284 g/mol. The molecule has 0 aliphatic heterocycles. The summed E-state index contributed by atoms with van der Waals surface area (Å²) in [6.07, 6.45) is 0. The highest BCUT2D eigenvalue weighted by atomic mass is 32.1. The molecule has 0 aliphatic carbocycles. The van der Waals surface area contributed by atoms with Gasteiger partial charge in [0, 0.05) is 5.69 Å². The van der Waals surface area contributed by atoms with Gasteiger partial charge in [-0.1, -0.05) is 32.9 Å². The van der Waals surface area contributed by atoms with Gasteiger partial charge in [-0.15, -0.1) is 12.6 Å². The number of thiol groups is 1. The van der Waals surface area contributed by atoms with Crippen LogP contribution in [0.15, 0.2) is 34.9 Å². The Morgan fingerprint density at radius 2 is 1.90 bits per heavy atom. The summed E-state index contributed by atoms with van der Waals surface area (Å²) in [6.45, 7) is 8.30. The molecule has 0 aliphatic rings. The third-order valence-electron chi connectivity index (χ3n) is 2.84. The van der Waals surface area contributed by atoms with E-state index in [0.717, 1.165) is 5.69 Å². The Labute approximate surface area is 131 Å². The molecular formula is C16H20N2O2S. The summed E-state index contributed by atoms with van der Waals surface area (Å²) in [6, 6.07) is 9.58. The quantitative estimate of drug-likeness (QED) is 0.386. The van der Waals surface area contributed by atoms with Crippen molar-refractivity contribution in [2.45, 2.75) is 33.1 Å². The lowest BCUT2D eigenvalue weighted by molar-refractivity contribution is -0.138. The van der Waals surface area contributed by atoms with E-state index in [-0.39, 0.29) is 22.6 Å². The van der Waals surface area contributed by atoms with E-state index in [0.29, 0.717) is 0 Å². The molecule has 0 unspecified atom stereocenters. The van der Waals surface area contributed by atoms with Gasteiger partial charge in [-0.3, -0.25) is 0 Å². The number of esters is 1. The first-order valence-electron chi connectivity index (χ1n) is 6.67. The Bertz CT molecular complexity index is 578. The molecule has 5 heteroatoms. The van der Waals surface area contributed by atoms with Crippen LogP contribution in [0.4, 0.5) is 5.69 Å². The third kappa shape index (κ3) is 4.83. The molecule has 0 saturated carbocycles. The number of nitrogens with one attached hydrogen (secondary N) is 1. The van der Waals surface area contributed by atoms with Crippen molar-refractivity contribution in [1.29, 1.82) is 5.26 Å². The van der Waals surface area contributed by atoms with E-state index in [4.69, 9.17) is 10.00 Å². The fraction of sp³-hybridized carbons (Fsp3) is 0.375. The van der Waals surface area contributed by atoms with Crippen molar-refractivity contribution < 1.29 is 9.53 Å². The fourth-order valence-corrected chi connectivity index (χ4v) is 1.92. The molecule has 0 bridgehead atoms. The second-order valence-corrected chi connectivity index (χ2v) is 5.96. The molecule has 1 rings (SSSR count). The SMILES string of the molecule is CCOC(=O)/C(C#N)=C(/S)Nc1ccc(C(C)(C)C)cc1. The number of hydrogen-bond donors (Lipinski definition) is 2. The summed E-state index contributed by atoms with van der Waals surface area (Å²) in [5, 5.41) is 12.1. The van der Waals surface area contributed by atoms with E-state index in [1.165, 1.54) is 5.56 Å². The first kappa shape index (κ1) is 17.1. The number of hydrogen-bond acceptors (Lipinski definition) is 5. The van der Waals surface area contributed by atoms with E-state index in [1.54, 1.807) is 6.92 Å². The monoisotopic (exact) mass is 304 g/mol. The van der Waals surface area contributed by atoms with E-state index in [2.05, 4.69) is 38.7 Å². The second kappa shape index (κ2) is 7.19. The highest BCUT2D eigenvalue weighted by molar-refractivity contribution is 7.84. The van der Waals surface area contributed by atoms with Gasteiger partial charge in [-0.25, -0.2) is 4.79 Å². The molecule has 1 aromatic carbocycles. The smallest absolute Gasteiger partial charge is 0.351 e. The number of carbonyl (C=O) groups is 1. The molecule has 1 aromatic rings. The number of benzene rings is 1. The lowest BCUT2D eigenvalue weighted by Crippen LogP contribution is -2.12. The van der Waals surface area contributed by atoms with Gasteiger partial charge in [-0.2, -0.15) is 5.26 Å². The zero-order valence-corrected chi connectivity index (χ0v) is 13.6. The first-order valence-corrected chi connectivity index (χ1v) is 7.12. The van der Waals surface area contributed by atoms with Crippen molar-refractivity contribution in [2.24, 2.45) is 0 Å². The van der Waals surface area contributed by atoms with Gasteiger partial charge in [0.15, 0.2) is 5.57 Å². The van der Waals surface area contributed by atoms with Gasteiger partial charge in [0.2, 0.25) is 0 Å². The van der Waals surface area contributed by atoms with Gasteiger partial charge >= 0.3 is 5.97 Å². The van der Waals surface area contributed by atoms with Crippen molar-refractivity contribution in [3.05, 3.63) is 40.4 Å². The summed E-state index contributed by atoms with van der Waals surface area (Å²) in [5.74, 6) is -0.677. The Morgan fingerprint density at radius 3 is 2.33 bits per heavy atom. The average Bonchev–Trinajstić information content (AvgIpc) is 2.39. The van der Waals surface area contributed by atoms with Gasteiger partial charge < -0.3 is 10.1 Å². The number of anilines is 1. The van der Waals surface area contributed by atoms with Crippen LogP contribution in [0.25, 0.3) is 0 Å². The summed E-state index contributed by atoms with van der Waals surface area (Å²) in [7, 11) is 0. The van der Waals surface area contributed by atoms with Gasteiger partial charge in [0.05, 0.1) is 11.6 Å². The Kier molecular flexibility index (Phi) is 5.86. The minimum atomic E-state index is -0.677. The Balaban J connectivity index is 2.94. The van der Waals surface area contributed by atoms with Crippen LogP contribution in [0.1, 0.15) is 33.3 Å². The van der Waals surface area contributed by atoms with E-state index < -0.39 is 5.97 Å². The van der Waals surface area contributed by atoms with Crippen LogP contribution in [0.2, 0.25) is 0 Å². The predicted octanol–water partition coefficient (Wildman–Crippen LogP) is 3.62. The number of ether oxygens (including phenoxy) is 1. The molecule has 112 valence electrons. The fourth-order valence-electron chi connectivity index (χ4n) is 1.65. The Morgan fingerprint density at radius 1 is 1.33 bits per heavy atom. The van der Waals surface area contributed by atoms with Gasteiger partial charge in [0.25, 0.3) is 0 Å². The van der Waals surface area contributed by atoms with Crippen LogP contribution in [0, 0.1) is 11.3 Å². The summed E-state index contributed by atoms with van der Waals surface area (Å²) >= 11 is 4.18. The molecule has 4 nitrogen and oxygen atoms in total. The van der Waals surface area contributed by atoms with E-state index in [1.807, 2.05) is 30.3 Å². The number of carbonyl (C=O) groups excluding carboxylic acids is 1. The standard InChI is InChI=1S/C16H20N2O2S/c1-5-20-15(19)13(10-17)14(21)18-12-8-6-11(7-9-12)16(2,3)4/h6-9,18,21H,5H2,1-4H3/b14-13+.